The molecule has 17 heavy (non-hydrogen) atoms. The first-order valence-electron chi connectivity index (χ1n) is 6.45. The summed E-state index contributed by atoms with van der Waals surface area (Å²) in [5, 5.41) is 0. The van der Waals surface area contributed by atoms with Crippen molar-refractivity contribution in [1.29, 1.82) is 0 Å². The topological polar surface area (TPSA) is 29.3 Å². The Hall–Kier alpha value is -0.540. The van der Waals surface area contributed by atoms with E-state index < -0.39 is 0 Å². The van der Waals surface area contributed by atoms with E-state index in [-0.39, 0.29) is 0 Å². The van der Waals surface area contributed by atoms with Gasteiger partial charge in [0.15, 0.2) is 0 Å². The van der Waals surface area contributed by atoms with Gasteiger partial charge in [0.2, 0.25) is 0 Å². The lowest BCUT2D eigenvalue weighted by Crippen LogP contribution is -2.33. The standard InChI is InChI=1S/C14H21BrN2/c1-2-11-5-7-17(8-6-11)10-12-3-4-13(16)9-14(12)15/h3-4,9,11H,2,5-8,10,16H2,1H3. The van der Waals surface area contributed by atoms with Crippen molar-refractivity contribution in [2.45, 2.75) is 32.7 Å². The van der Waals surface area contributed by atoms with Gasteiger partial charge in [0.05, 0.1) is 0 Å². The average Bonchev–Trinajstić information content (AvgIpc) is 2.34. The number of nitrogens with two attached hydrogens (primary N) is 1. The van der Waals surface area contributed by atoms with Crippen LogP contribution in [0, 0.1) is 5.92 Å². The fourth-order valence-electron chi connectivity index (χ4n) is 2.49. The lowest BCUT2D eigenvalue weighted by molar-refractivity contribution is 0.175. The molecular weight excluding hydrogens is 276 g/mol. The molecule has 1 aliphatic heterocycles. The Morgan fingerprint density at radius 2 is 2.06 bits per heavy atom. The van der Waals surface area contributed by atoms with E-state index in [9.17, 15) is 0 Å². The number of likely N-dealkylation sites (tertiary alicyclic amines) is 1. The molecule has 2 nitrogen and oxygen atoms in total. The number of hydrogen-bond acceptors (Lipinski definition) is 2. The zero-order valence-corrected chi connectivity index (χ0v) is 12.0. The monoisotopic (exact) mass is 296 g/mol. The maximum Gasteiger partial charge on any atom is 0.0325 e. The molecule has 0 bridgehead atoms. The molecule has 0 unspecified atom stereocenters. The molecule has 1 aromatic rings. The summed E-state index contributed by atoms with van der Waals surface area (Å²) in [6.45, 7) is 5.80. The Morgan fingerprint density at radius 3 is 2.65 bits per heavy atom. The van der Waals surface area contributed by atoms with Gasteiger partial charge in [-0.1, -0.05) is 35.3 Å². The van der Waals surface area contributed by atoms with Gasteiger partial charge in [-0.05, 0) is 49.5 Å². The van der Waals surface area contributed by atoms with E-state index >= 15 is 0 Å². The summed E-state index contributed by atoms with van der Waals surface area (Å²) in [4.78, 5) is 2.54. The maximum absolute atomic E-state index is 5.75. The number of nitrogen functional groups attached to an aromatic ring is 1. The van der Waals surface area contributed by atoms with Crippen molar-refractivity contribution in [2.24, 2.45) is 5.92 Å². The first-order chi connectivity index (χ1) is 8.19. The zero-order chi connectivity index (χ0) is 12.3. The Balaban J connectivity index is 1.93. The molecule has 3 heteroatoms. The lowest BCUT2D eigenvalue weighted by Gasteiger charge is -2.31. The number of benzene rings is 1. The second kappa shape index (κ2) is 5.87. The Bertz CT molecular complexity index is 370. The van der Waals surface area contributed by atoms with Crippen LogP contribution in [0.15, 0.2) is 22.7 Å². The van der Waals surface area contributed by atoms with Crippen molar-refractivity contribution in [3.63, 3.8) is 0 Å². The summed E-state index contributed by atoms with van der Waals surface area (Å²) in [7, 11) is 0. The summed E-state index contributed by atoms with van der Waals surface area (Å²) < 4.78 is 1.13. The predicted molar refractivity (Wildman–Crippen MR) is 76.8 cm³/mol. The number of hydrogen-bond donors (Lipinski definition) is 1. The molecule has 1 heterocycles. The van der Waals surface area contributed by atoms with E-state index in [1.54, 1.807) is 0 Å². The van der Waals surface area contributed by atoms with Gasteiger partial charge in [-0.3, -0.25) is 4.90 Å². The van der Waals surface area contributed by atoms with Crippen molar-refractivity contribution in [2.75, 3.05) is 18.8 Å². The number of anilines is 1. The van der Waals surface area contributed by atoms with Crippen molar-refractivity contribution < 1.29 is 0 Å². The summed E-state index contributed by atoms with van der Waals surface area (Å²) in [5.41, 5.74) is 7.92. The SMILES string of the molecule is CCC1CCN(Cc2ccc(N)cc2Br)CC1. The highest BCUT2D eigenvalue weighted by Crippen LogP contribution is 2.25. The third-order valence-corrected chi connectivity index (χ3v) is 4.49. The molecule has 0 aliphatic carbocycles. The largest absolute Gasteiger partial charge is 0.399 e. The number of nitrogens with zero attached hydrogens (tertiary/aromatic N) is 1. The van der Waals surface area contributed by atoms with Crippen LogP contribution >= 0.6 is 15.9 Å². The van der Waals surface area contributed by atoms with Crippen LogP contribution in [0.5, 0.6) is 0 Å². The van der Waals surface area contributed by atoms with Crippen LogP contribution in [0.3, 0.4) is 0 Å². The molecule has 0 atom stereocenters. The van der Waals surface area contributed by atoms with Crippen molar-refractivity contribution in [3.8, 4) is 0 Å². The van der Waals surface area contributed by atoms with Gasteiger partial charge in [0.1, 0.15) is 0 Å². The quantitative estimate of drug-likeness (QED) is 0.863. The van der Waals surface area contributed by atoms with Crippen LogP contribution < -0.4 is 5.73 Å². The lowest BCUT2D eigenvalue weighted by atomic mass is 9.94. The Kier molecular flexibility index (Phi) is 4.46. The molecule has 94 valence electrons. The molecule has 0 aromatic heterocycles. The molecule has 0 amide bonds. The van der Waals surface area contributed by atoms with Crippen LogP contribution in [-0.4, -0.2) is 18.0 Å². The maximum atomic E-state index is 5.75. The summed E-state index contributed by atoms with van der Waals surface area (Å²) in [5.74, 6) is 0.945. The van der Waals surface area contributed by atoms with Crippen LogP contribution in [0.4, 0.5) is 5.69 Å². The highest BCUT2D eigenvalue weighted by molar-refractivity contribution is 9.10. The highest BCUT2D eigenvalue weighted by Gasteiger charge is 2.18. The number of halogens is 1. The van der Waals surface area contributed by atoms with Crippen LogP contribution in [-0.2, 0) is 6.54 Å². The van der Waals surface area contributed by atoms with Crippen molar-refractivity contribution in [1.82, 2.24) is 4.90 Å². The molecule has 0 radical (unpaired) electrons. The van der Waals surface area contributed by atoms with Gasteiger partial charge in [-0.15, -0.1) is 0 Å². The van der Waals surface area contributed by atoms with E-state index in [0.717, 1.165) is 22.6 Å². The minimum absolute atomic E-state index is 0.824. The Labute approximate surface area is 112 Å². The van der Waals surface area contributed by atoms with Gasteiger partial charge < -0.3 is 5.73 Å². The smallest absolute Gasteiger partial charge is 0.0325 e. The van der Waals surface area contributed by atoms with E-state index in [0.29, 0.717) is 0 Å². The van der Waals surface area contributed by atoms with E-state index in [1.807, 2.05) is 12.1 Å². The van der Waals surface area contributed by atoms with Gasteiger partial charge in [-0.25, -0.2) is 0 Å². The minimum atomic E-state index is 0.824. The number of rotatable bonds is 3. The first kappa shape index (κ1) is 12.9. The third-order valence-electron chi connectivity index (χ3n) is 3.76. The molecule has 1 aromatic carbocycles. The molecule has 1 fully saturated rings. The number of piperidine rings is 1. The third kappa shape index (κ3) is 3.46. The molecule has 2 N–H and O–H groups in total. The van der Waals surface area contributed by atoms with Gasteiger partial charge >= 0.3 is 0 Å². The van der Waals surface area contributed by atoms with E-state index in [4.69, 9.17) is 5.73 Å². The molecule has 2 rings (SSSR count). The molecule has 1 saturated heterocycles. The van der Waals surface area contributed by atoms with Crippen LogP contribution in [0.2, 0.25) is 0 Å². The highest BCUT2D eigenvalue weighted by atomic mass is 79.9. The van der Waals surface area contributed by atoms with Crippen LogP contribution in [0.25, 0.3) is 0 Å². The molecule has 0 spiro atoms. The van der Waals surface area contributed by atoms with Crippen molar-refractivity contribution >= 4 is 21.6 Å². The Morgan fingerprint density at radius 1 is 1.35 bits per heavy atom. The predicted octanol–water partition coefficient (Wildman–Crippen LogP) is 3.65. The minimum Gasteiger partial charge on any atom is -0.399 e. The fourth-order valence-corrected chi connectivity index (χ4v) is 3.01. The second-order valence-electron chi connectivity index (χ2n) is 4.98. The molecule has 0 saturated carbocycles. The summed E-state index contributed by atoms with van der Waals surface area (Å²) >= 11 is 3.59. The first-order valence-corrected chi connectivity index (χ1v) is 7.24. The molecular formula is C14H21BrN2. The van der Waals surface area contributed by atoms with E-state index in [1.165, 1.54) is 37.9 Å². The van der Waals surface area contributed by atoms with Gasteiger partial charge in [-0.2, -0.15) is 0 Å². The zero-order valence-electron chi connectivity index (χ0n) is 10.5. The molecule has 1 aliphatic rings. The average molecular weight is 297 g/mol. The second-order valence-corrected chi connectivity index (χ2v) is 5.83. The van der Waals surface area contributed by atoms with Crippen molar-refractivity contribution in [3.05, 3.63) is 28.2 Å². The van der Waals surface area contributed by atoms with Gasteiger partial charge in [0.25, 0.3) is 0 Å². The van der Waals surface area contributed by atoms with Crippen LogP contribution in [0.1, 0.15) is 31.7 Å². The van der Waals surface area contributed by atoms with E-state index in [2.05, 4.69) is 33.8 Å². The van der Waals surface area contributed by atoms with Gasteiger partial charge in [0, 0.05) is 16.7 Å². The fraction of sp³-hybridized carbons (Fsp3) is 0.571. The normalized spacial score (nSPS) is 18.5. The summed E-state index contributed by atoms with van der Waals surface area (Å²) in [6, 6.07) is 6.11. The summed E-state index contributed by atoms with van der Waals surface area (Å²) in [6.07, 6.45) is 4.03.